The van der Waals surface area contributed by atoms with E-state index in [1.165, 1.54) is 4.68 Å². The van der Waals surface area contributed by atoms with Gasteiger partial charge < -0.3 is 11.5 Å². The first-order valence-corrected chi connectivity index (χ1v) is 5.60. The molecule has 3 aromatic rings. The van der Waals surface area contributed by atoms with Crippen LogP contribution in [0.5, 0.6) is 0 Å². The molecule has 8 heteroatoms. The molecule has 0 saturated heterocycles. The van der Waals surface area contributed by atoms with Crippen molar-refractivity contribution in [2.24, 2.45) is 0 Å². The van der Waals surface area contributed by atoms with E-state index in [1.54, 1.807) is 29.5 Å². The minimum Gasteiger partial charge on any atom is -0.397 e. The highest BCUT2D eigenvalue weighted by Gasteiger charge is 2.16. The summed E-state index contributed by atoms with van der Waals surface area (Å²) in [4.78, 5) is 0. The monoisotopic (exact) mass is 256 g/mol. The topological polar surface area (TPSA) is 113 Å². The third-order valence-corrected chi connectivity index (χ3v) is 2.83. The first-order valence-electron chi connectivity index (χ1n) is 5.60. The van der Waals surface area contributed by atoms with Gasteiger partial charge in [-0.3, -0.25) is 0 Å². The van der Waals surface area contributed by atoms with Gasteiger partial charge in [-0.15, -0.1) is 10.2 Å². The first-order chi connectivity index (χ1) is 9.18. The predicted molar refractivity (Wildman–Crippen MR) is 69.8 cm³/mol. The lowest BCUT2D eigenvalue weighted by atomic mass is 10.1. The normalized spacial score (nSPS) is 10.8. The lowest BCUT2D eigenvalue weighted by Crippen LogP contribution is -2.11. The van der Waals surface area contributed by atoms with E-state index in [1.807, 2.05) is 13.0 Å². The molecule has 0 amide bonds. The third kappa shape index (κ3) is 1.69. The molecule has 0 bridgehead atoms. The van der Waals surface area contributed by atoms with Gasteiger partial charge in [-0.1, -0.05) is 10.4 Å². The summed E-state index contributed by atoms with van der Waals surface area (Å²) in [5.41, 5.74) is 15.5. The van der Waals surface area contributed by atoms with Gasteiger partial charge in [0.15, 0.2) is 0 Å². The summed E-state index contributed by atoms with van der Waals surface area (Å²) < 4.78 is 3.13. The highest BCUT2D eigenvalue weighted by Crippen LogP contribution is 2.32. The second-order valence-electron chi connectivity index (χ2n) is 4.09. The van der Waals surface area contributed by atoms with Crippen molar-refractivity contribution in [2.75, 3.05) is 11.5 Å². The zero-order valence-corrected chi connectivity index (χ0v) is 10.2. The average Bonchev–Trinajstić information content (AvgIpc) is 3.00. The number of nitrogens with two attached hydrogens (primary N) is 2. The molecule has 0 aliphatic heterocycles. The number of hydrogen-bond acceptors (Lipinski definition) is 6. The van der Waals surface area contributed by atoms with Crippen molar-refractivity contribution in [1.29, 1.82) is 0 Å². The Morgan fingerprint density at radius 2 is 1.53 bits per heavy atom. The number of aromatic nitrogens is 6. The SMILES string of the molecule is Cc1cc(N)c(-n2ccnn2)c(N)c1-n1ccnn1. The van der Waals surface area contributed by atoms with Crippen molar-refractivity contribution < 1.29 is 0 Å². The highest BCUT2D eigenvalue weighted by atomic mass is 15.4. The maximum atomic E-state index is 6.21. The second-order valence-corrected chi connectivity index (χ2v) is 4.09. The minimum atomic E-state index is 0.480. The number of hydrogen-bond donors (Lipinski definition) is 2. The molecule has 8 nitrogen and oxygen atoms in total. The molecule has 2 aromatic heterocycles. The molecule has 0 saturated carbocycles. The zero-order valence-electron chi connectivity index (χ0n) is 10.2. The Labute approximate surface area is 108 Å². The zero-order chi connectivity index (χ0) is 13.4. The summed E-state index contributed by atoms with van der Waals surface area (Å²) in [6.45, 7) is 1.91. The van der Waals surface area contributed by atoms with E-state index in [0.29, 0.717) is 17.1 Å². The van der Waals surface area contributed by atoms with E-state index in [4.69, 9.17) is 11.5 Å². The molecule has 4 N–H and O–H groups in total. The lowest BCUT2D eigenvalue weighted by molar-refractivity contribution is 0.787. The summed E-state index contributed by atoms with van der Waals surface area (Å²) in [7, 11) is 0. The largest absolute Gasteiger partial charge is 0.397 e. The van der Waals surface area contributed by atoms with Crippen LogP contribution in [-0.4, -0.2) is 30.0 Å². The first kappa shape index (κ1) is 11.2. The molecule has 0 fully saturated rings. The smallest absolute Gasteiger partial charge is 0.114 e. The summed E-state index contributed by atoms with van der Waals surface area (Å²) in [6.07, 6.45) is 6.56. The second kappa shape index (κ2) is 4.09. The van der Waals surface area contributed by atoms with Gasteiger partial charge in [0, 0.05) is 0 Å². The number of benzene rings is 1. The van der Waals surface area contributed by atoms with Crippen LogP contribution in [0.2, 0.25) is 0 Å². The molecule has 0 radical (unpaired) electrons. The molecule has 0 spiro atoms. The van der Waals surface area contributed by atoms with Gasteiger partial charge in [0.1, 0.15) is 5.69 Å². The van der Waals surface area contributed by atoms with Crippen LogP contribution in [0.3, 0.4) is 0 Å². The number of anilines is 2. The Hall–Kier alpha value is -2.90. The summed E-state index contributed by atoms with van der Waals surface area (Å²) >= 11 is 0. The Kier molecular flexibility index (Phi) is 2.41. The molecule has 0 atom stereocenters. The van der Waals surface area contributed by atoms with Gasteiger partial charge in [-0.25, -0.2) is 9.36 Å². The molecule has 2 heterocycles. The lowest BCUT2D eigenvalue weighted by Gasteiger charge is -2.15. The molecular weight excluding hydrogens is 244 g/mol. The van der Waals surface area contributed by atoms with Crippen LogP contribution < -0.4 is 11.5 Å². The van der Waals surface area contributed by atoms with Gasteiger partial charge in [-0.05, 0) is 18.6 Å². The van der Waals surface area contributed by atoms with Gasteiger partial charge in [0.25, 0.3) is 0 Å². The molecule has 96 valence electrons. The molecule has 19 heavy (non-hydrogen) atoms. The van der Waals surface area contributed by atoms with Crippen molar-refractivity contribution in [1.82, 2.24) is 30.0 Å². The minimum absolute atomic E-state index is 0.480. The van der Waals surface area contributed by atoms with Crippen LogP contribution in [0.1, 0.15) is 5.56 Å². The third-order valence-electron chi connectivity index (χ3n) is 2.83. The summed E-state index contributed by atoms with van der Waals surface area (Å²) in [6, 6.07) is 1.82. The highest BCUT2D eigenvalue weighted by molar-refractivity contribution is 5.81. The fourth-order valence-corrected chi connectivity index (χ4v) is 2.06. The van der Waals surface area contributed by atoms with Crippen molar-refractivity contribution in [2.45, 2.75) is 6.92 Å². The van der Waals surface area contributed by atoms with E-state index in [9.17, 15) is 0 Å². The van der Waals surface area contributed by atoms with Crippen molar-refractivity contribution >= 4 is 11.4 Å². The molecule has 0 aliphatic carbocycles. The van der Waals surface area contributed by atoms with Gasteiger partial charge in [0.2, 0.25) is 0 Å². The standard InChI is InChI=1S/C11H12N8/c1-7-6-8(12)11(19-5-3-15-17-19)9(13)10(7)18-4-2-14-16-18/h2-6H,12-13H2,1H3. The summed E-state index contributed by atoms with van der Waals surface area (Å²) in [5.74, 6) is 0. The van der Waals surface area contributed by atoms with Crippen LogP contribution in [-0.2, 0) is 0 Å². The van der Waals surface area contributed by atoms with E-state index in [2.05, 4.69) is 20.6 Å². The summed E-state index contributed by atoms with van der Waals surface area (Å²) in [5, 5.41) is 15.4. The van der Waals surface area contributed by atoms with Gasteiger partial charge in [-0.2, -0.15) is 0 Å². The van der Waals surface area contributed by atoms with E-state index in [0.717, 1.165) is 11.3 Å². The Bertz CT molecular complexity index is 640. The number of nitrogens with zero attached hydrogens (tertiary/aromatic N) is 6. The number of aryl methyl sites for hydroxylation is 1. The maximum absolute atomic E-state index is 6.21. The fourth-order valence-electron chi connectivity index (χ4n) is 2.06. The van der Waals surface area contributed by atoms with Crippen LogP contribution >= 0.6 is 0 Å². The Balaban J connectivity index is 2.30. The van der Waals surface area contributed by atoms with Crippen LogP contribution in [0.15, 0.2) is 30.9 Å². The predicted octanol–water partition coefficient (Wildman–Crippen LogP) is 0.321. The Morgan fingerprint density at radius 1 is 0.947 bits per heavy atom. The van der Waals surface area contributed by atoms with Crippen molar-refractivity contribution in [3.05, 3.63) is 36.4 Å². The average molecular weight is 256 g/mol. The van der Waals surface area contributed by atoms with E-state index in [-0.39, 0.29) is 0 Å². The van der Waals surface area contributed by atoms with Crippen molar-refractivity contribution in [3.8, 4) is 11.4 Å². The van der Waals surface area contributed by atoms with E-state index >= 15 is 0 Å². The number of rotatable bonds is 2. The molecule has 0 unspecified atom stereocenters. The molecule has 3 rings (SSSR count). The van der Waals surface area contributed by atoms with Crippen LogP contribution in [0.25, 0.3) is 11.4 Å². The molecule has 1 aromatic carbocycles. The van der Waals surface area contributed by atoms with Crippen molar-refractivity contribution in [3.63, 3.8) is 0 Å². The van der Waals surface area contributed by atoms with Gasteiger partial charge in [0.05, 0.1) is 41.8 Å². The molecular formula is C11H12N8. The maximum Gasteiger partial charge on any atom is 0.114 e. The molecule has 0 aliphatic rings. The quantitative estimate of drug-likeness (QED) is 0.638. The van der Waals surface area contributed by atoms with E-state index < -0.39 is 0 Å². The van der Waals surface area contributed by atoms with Gasteiger partial charge >= 0.3 is 0 Å². The number of nitrogen functional groups attached to an aromatic ring is 2. The Morgan fingerprint density at radius 3 is 2.05 bits per heavy atom. The fraction of sp³-hybridized carbons (Fsp3) is 0.0909. The van der Waals surface area contributed by atoms with Crippen LogP contribution in [0, 0.1) is 6.92 Å². The van der Waals surface area contributed by atoms with Crippen LogP contribution in [0.4, 0.5) is 11.4 Å².